The number of benzene rings is 1. The van der Waals surface area contributed by atoms with Gasteiger partial charge in [-0.15, -0.1) is 0 Å². The Balaban J connectivity index is 3.14. The lowest BCUT2D eigenvalue weighted by Gasteiger charge is -2.05. The van der Waals surface area contributed by atoms with Gasteiger partial charge in [0.25, 0.3) is 0 Å². The number of rotatable bonds is 2. The number of hydrogen-bond donors (Lipinski definition) is 0. The number of esters is 1. The quantitative estimate of drug-likeness (QED) is 0.778. The second-order valence-electron chi connectivity index (χ2n) is 2.46. The van der Waals surface area contributed by atoms with Gasteiger partial charge in [-0.3, -0.25) is 0 Å². The molecule has 0 aliphatic heterocycles. The molecule has 5 heteroatoms. The summed E-state index contributed by atoms with van der Waals surface area (Å²) in [5, 5.41) is 0. The van der Waals surface area contributed by atoms with E-state index in [1.54, 1.807) is 13.0 Å². The van der Waals surface area contributed by atoms with Gasteiger partial charge in [0.1, 0.15) is 11.4 Å². The Labute approximate surface area is 97.7 Å². The third-order valence-corrected chi connectivity index (χ3v) is 2.57. The highest BCUT2D eigenvalue weighted by Gasteiger charge is 2.17. The van der Waals surface area contributed by atoms with Crippen LogP contribution < -0.4 is 0 Å². The SMILES string of the molecule is CCOC(=O)c1c(F)cc(Br)cc1Br. The summed E-state index contributed by atoms with van der Waals surface area (Å²) in [6.45, 7) is 1.89. The van der Waals surface area contributed by atoms with Crippen LogP contribution in [0, 0.1) is 5.82 Å². The molecule has 0 bridgehead atoms. The third kappa shape index (κ3) is 2.54. The summed E-state index contributed by atoms with van der Waals surface area (Å²) in [7, 11) is 0. The minimum atomic E-state index is -0.663. The summed E-state index contributed by atoms with van der Waals surface area (Å²) in [6, 6.07) is 2.81. The molecule has 0 atom stereocenters. The average molecular weight is 326 g/mol. The first-order valence-electron chi connectivity index (χ1n) is 3.88. The Bertz CT molecular complexity index is 343. The van der Waals surface area contributed by atoms with E-state index in [1.807, 2.05) is 0 Å². The first-order valence-corrected chi connectivity index (χ1v) is 5.46. The molecule has 2 nitrogen and oxygen atoms in total. The molecule has 1 rings (SSSR count). The second kappa shape index (κ2) is 4.89. The summed E-state index contributed by atoms with van der Waals surface area (Å²) in [4.78, 5) is 11.3. The Morgan fingerprint density at radius 3 is 2.64 bits per heavy atom. The molecule has 0 spiro atoms. The maximum atomic E-state index is 13.3. The number of ether oxygens (including phenoxy) is 1. The van der Waals surface area contributed by atoms with Crippen LogP contribution in [0.1, 0.15) is 17.3 Å². The zero-order valence-corrected chi connectivity index (χ0v) is 10.5. The summed E-state index contributed by atoms with van der Waals surface area (Å²) < 4.78 is 19.0. The summed E-state index contributed by atoms with van der Waals surface area (Å²) in [5.41, 5.74) is -0.0740. The number of hydrogen-bond acceptors (Lipinski definition) is 2. The second-order valence-corrected chi connectivity index (χ2v) is 4.23. The monoisotopic (exact) mass is 324 g/mol. The van der Waals surface area contributed by atoms with Gasteiger partial charge in [0.2, 0.25) is 0 Å². The number of halogens is 3. The topological polar surface area (TPSA) is 26.3 Å². The lowest BCUT2D eigenvalue weighted by Crippen LogP contribution is -2.08. The van der Waals surface area contributed by atoms with Gasteiger partial charge in [-0.1, -0.05) is 15.9 Å². The molecule has 0 aliphatic rings. The van der Waals surface area contributed by atoms with Gasteiger partial charge in [0.15, 0.2) is 0 Å². The normalized spacial score (nSPS) is 10.0. The van der Waals surface area contributed by atoms with E-state index in [0.29, 0.717) is 8.95 Å². The van der Waals surface area contributed by atoms with E-state index < -0.39 is 11.8 Å². The van der Waals surface area contributed by atoms with Crippen molar-refractivity contribution < 1.29 is 13.9 Å². The molecule has 0 radical (unpaired) electrons. The molecule has 0 aliphatic carbocycles. The van der Waals surface area contributed by atoms with Crippen molar-refractivity contribution >= 4 is 37.8 Å². The summed E-state index contributed by atoms with van der Waals surface area (Å²) >= 11 is 6.21. The van der Waals surface area contributed by atoms with Crippen molar-refractivity contribution in [2.45, 2.75) is 6.92 Å². The highest BCUT2D eigenvalue weighted by molar-refractivity contribution is 9.11. The lowest BCUT2D eigenvalue weighted by atomic mass is 10.2. The van der Waals surface area contributed by atoms with Gasteiger partial charge in [-0.05, 0) is 35.0 Å². The van der Waals surface area contributed by atoms with Crippen molar-refractivity contribution in [1.82, 2.24) is 0 Å². The van der Waals surface area contributed by atoms with Crippen LogP contribution in [-0.2, 0) is 4.74 Å². The molecule has 1 aromatic carbocycles. The zero-order chi connectivity index (χ0) is 10.7. The Hall–Kier alpha value is -0.420. The van der Waals surface area contributed by atoms with Crippen molar-refractivity contribution in [1.29, 1.82) is 0 Å². The van der Waals surface area contributed by atoms with E-state index in [2.05, 4.69) is 31.9 Å². The lowest BCUT2D eigenvalue weighted by molar-refractivity contribution is 0.0520. The fourth-order valence-corrected chi connectivity index (χ4v) is 2.28. The first kappa shape index (κ1) is 11.7. The molecule has 0 fully saturated rings. The molecule has 0 heterocycles. The highest BCUT2D eigenvalue weighted by atomic mass is 79.9. The maximum Gasteiger partial charge on any atom is 0.342 e. The minimum Gasteiger partial charge on any atom is -0.462 e. The highest BCUT2D eigenvalue weighted by Crippen LogP contribution is 2.25. The standard InChI is InChI=1S/C9H7Br2FO2/c1-2-14-9(13)8-6(11)3-5(10)4-7(8)12/h3-4H,2H2,1H3. The maximum absolute atomic E-state index is 13.3. The van der Waals surface area contributed by atoms with E-state index in [0.717, 1.165) is 0 Å². The molecule has 0 amide bonds. The van der Waals surface area contributed by atoms with Crippen LogP contribution in [-0.4, -0.2) is 12.6 Å². The van der Waals surface area contributed by atoms with Gasteiger partial charge in [-0.2, -0.15) is 0 Å². The van der Waals surface area contributed by atoms with Crippen LogP contribution in [0.4, 0.5) is 4.39 Å². The van der Waals surface area contributed by atoms with Gasteiger partial charge in [0.05, 0.1) is 6.61 Å². The Morgan fingerprint density at radius 1 is 1.50 bits per heavy atom. The molecule has 0 unspecified atom stereocenters. The van der Waals surface area contributed by atoms with Crippen LogP contribution in [0.3, 0.4) is 0 Å². The van der Waals surface area contributed by atoms with E-state index in [-0.39, 0.29) is 12.2 Å². The van der Waals surface area contributed by atoms with Crippen molar-refractivity contribution in [3.05, 3.63) is 32.5 Å². The fourth-order valence-electron chi connectivity index (χ4n) is 0.940. The van der Waals surface area contributed by atoms with Gasteiger partial charge < -0.3 is 4.74 Å². The first-order chi connectivity index (χ1) is 6.56. The predicted molar refractivity (Wildman–Crippen MR) is 57.8 cm³/mol. The Morgan fingerprint density at radius 2 is 2.14 bits per heavy atom. The van der Waals surface area contributed by atoms with E-state index in [1.165, 1.54) is 6.07 Å². The van der Waals surface area contributed by atoms with Crippen LogP contribution in [0.5, 0.6) is 0 Å². The zero-order valence-electron chi connectivity index (χ0n) is 7.31. The van der Waals surface area contributed by atoms with Crippen molar-refractivity contribution in [3.8, 4) is 0 Å². The van der Waals surface area contributed by atoms with Crippen molar-refractivity contribution in [2.24, 2.45) is 0 Å². The molecule has 1 aromatic rings. The van der Waals surface area contributed by atoms with E-state index >= 15 is 0 Å². The van der Waals surface area contributed by atoms with Crippen LogP contribution in [0.15, 0.2) is 21.1 Å². The van der Waals surface area contributed by atoms with Crippen molar-refractivity contribution in [3.63, 3.8) is 0 Å². The fraction of sp³-hybridized carbons (Fsp3) is 0.222. The van der Waals surface area contributed by atoms with Gasteiger partial charge in [0, 0.05) is 8.95 Å². The van der Waals surface area contributed by atoms with Crippen molar-refractivity contribution in [2.75, 3.05) is 6.61 Å². The number of carbonyl (C=O) groups is 1. The molecule has 14 heavy (non-hydrogen) atoms. The molecular weight excluding hydrogens is 319 g/mol. The van der Waals surface area contributed by atoms with Gasteiger partial charge in [-0.25, -0.2) is 9.18 Å². The summed E-state index contributed by atoms with van der Waals surface area (Å²) in [5.74, 6) is -1.27. The molecule has 0 N–H and O–H groups in total. The molecular formula is C9H7Br2FO2. The van der Waals surface area contributed by atoms with E-state index in [4.69, 9.17) is 4.74 Å². The smallest absolute Gasteiger partial charge is 0.342 e. The minimum absolute atomic E-state index is 0.0740. The average Bonchev–Trinajstić information content (AvgIpc) is 2.01. The Kier molecular flexibility index (Phi) is 4.07. The molecule has 0 saturated carbocycles. The molecule has 0 saturated heterocycles. The van der Waals surface area contributed by atoms with Crippen LogP contribution in [0.2, 0.25) is 0 Å². The van der Waals surface area contributed by atoms with Crippen LogP contribution >= 0.6 is 31.9 Å². The third-order valence-electron chi connectivity index (χ3n) is 1.49. The van der Waals surface area contributed by atoms with Gasteiger partial charge >= 0.3 is 5.97 Å². The molecule has 0 aromatic heterocycles. The largest absolute Gasteiger partial charge is 0.462 e. The van der Waals surface area contributed by atoms with E-state index in [9.17, 15) is 9.18 Å². The van der Waals surface area contributed by atoms with Crippen LogP contribution in [0.25, 0.3) is 0 Å². The molecule has 76 valence electrons. The summed E-state index contributed by atoms with van der Waals surface area (Å²) in [6.07, 6.45) is 0. The number of carbonyl (C=O) groups excluding carboxylic acids is 1. The predicted octanol–water partition coefficient (Wildman–Crippen LogP) is 3.53.